The molecule has 1 aliphatic rings. The molecule has 7 nitrogen and oxygen atoms in total. The van der Waals surface area contributed by atoms with Gasteiger partial charge in [-0.2, -0.15) is 5.26 Å². The second-order valence-corrected chi connectivity index (χ2v) is 8.39. The second-order valence-electron chi connectivity index (χ2n) is 6.25. The van der Waals surface area contributed by atoms with Crippen molar-refractivity contribution in [3.05, 3.63) is 59.1 Å². The molecular weight excluding hydrogens is 400 g/mol. The van der Waals surface area contributed by atoms with Crippen molar-refractivity contribution in [1.29, 1.82) is 5.26 Å². The summed E-state index contributed by atoms with van der Waals surface area (Å²) >= 11 is 6.22. The Bertz CT molecular complexity index is 1010. The van der Waals surface area contributed by atoms with Gasteiger partial charge in [-0.3, -0.25) is 4.79 Å². The van der Waals surface area contributed by atoms with Gasteiger partial charge in [0.05, 0.1) is 27.7 Å². The highest BCUT2D eigenvalue weighted by molar-refractivity contribution is 7.89. The van der Waals surface area contributed by atoms with Crippen LogP contribution in [0.15, 0.2) is 53.4 Å². The lowest BCUT2D eigenvalue weighted by molar-refractivity contribution is -0.130. The number of hydrogen-bond donors (Lipinski definition) is 1. The largest absolute Gasteiger partial charge is 0.367 e. The number of sulfonamides is 1. The predicted octanol–water partition coefficient (Wildman–Crippen LogP) is 1.84. The van der Waals surface area contributed by atoms with Crippen molar-refractivity contribution in [3.8, 4) is 6.07 Å². The van der Waals surface area contributed by atoms with E-state index in [9.17, 15) is 13.2 Å². The van der Waals surface area contributed by atoms with Crippen LogP contribution in [-0.2, 0) is 14.8 Å². The molecule has 2 aromatic rings. The number of hydrogen-bond acceptors (Lipinski definition) is 5. The molecule has 28 heavy (non-hydrogen) atoms. The van der Waals surface area contributed by atoms with Crippen LogP contribution in [0.25, 0.3) is 0 Å². The highest BCUT2D eigenvalue weighted by Crippen LogP contribution is 2.26. The number of halogens is 1. The van der Waals surface area contributed by atoms with Crippen LogP contribution < -0.4 is 9.62 Å². The Morgan fingerprint density at radius 2 is 1.71 bits per heavy atom. The molecule has 1 aliphatic heterocycles. The van der Waals surface area contributed by atoms with E-state index in [1.807, 2.05) is 30.3 Å². The lowest BCUT2D eigenvalue weighted by Gasteiger charge is -2.36. The monoisotopic (exact) mass is 418 g/mol. The molecule has 0 aliphatic carbocycles. The molecule has 0 spiro atoms. The molecule has 146 valence electrons. The Kier molecular flexibility index (Phi) is 6.19. The third-order valence-corrected chi connectivity index (χ3v) is 6.31. The molecule has 0 aromatic heterocycles. The van der Waals surface area contributed by atoms with E-state index in [0.717, 1.165) is 5.69 Å². The first-order valence-electron chi connectivity index (χ1n) is 8.68. The van der Waals surface area contributed by atoms with E-state index in [2.05, 4.69) is 9.62 Å². The lowest BCUT2D eigenvalue weighted by Crippen LogP contribution is -2.51. The summed E-state index contributed by atoms with van der Waals surface area (Å²) in [4.78, 5) is 16.0. The van der Waals surface area contributed by atoms with E-state index in [1.165, 1.54) is 18.2 Å². The van der Waals surface area contributed by atoms with E-state index < -0.39 is 10.0 Å². The molecule has 1 amide bonds. The Hall–Kier alpha value is -2.60. The van der Waals surface area contributed by atoms with Gasteiger partial charge >= 0.3 is 0 Å². The molecule has 0 atom stereocenters. The Balaban J connectivity index is 1.58. The highest BCUT2D eigenvalue weighted by atomic mass is 35.5. The van der Waals surface area contributed by atoms with Crippen LogP contribution >= 0.6 is 11.6 Å². The fourth-order valence-corrected chi connectivity index (χ4v) is 4.43. The minimum atomic E-state index is -3.94. The summed E-state index contributed by atoms with van der Waals surface area (Å²) in [5.41, 5.74) is 0.959. The third kappa shape index (κ3) is 4.44. The number of para-hydroxylation sites is 1. The van der Waals surface area contributed by atoms with Gasteiger partial charge in [-0.25, -0.2) is 13.1 Å². The van der Waals surface area contributed by atoms with Crippen LogP contribution in [0.4, 0.5) is 5.69 Å². The van der Waals surface area contributed by atoms with Crippen LogP contribution in [-0.4, -0.2) is 51.9 Å². The molecule has 0 radical (unpaired) electrons. The maximum Gasteiger partial charge on any atom is 0.242 e. The van der Waals surface area contributed by atoms with E-state index in [4.69, 9.17) is 16.9 Å². The zero-order valence-electron chi connectivity index (χ0n) is 15.0. The quantitative estimate of drug-likeness (QED) is 0.799. The SMILES string of the molecule is N#Cc1ccccc1S(=O)(=O)NCC(=O)N1CCN(c2ccccc2Cl)CC1. The van der Waals surface area contributed by atoms with Gasteiger partial charge in [0.25, 0.3) is 0 Å². The number of nitrogens with one attached hydrogen (secondary N) is 1. The number of rotatable bonds is 5. The molecule has 3 rings (SSSR count). The molecule has 2 aromatic carbocycles. The smallest absolute Gasteiger partial charge is 0.242 e. The molecule has 1 saturated heterocycles. The van der Waals surface area contributed by atoms with Crippen molar-refractivity contribution in [1.82, 2.24) is 9.62 Å². The minimum Gasteiger partial charge on any atom is -0.367 e. The number of benzene rings is 2. The molecule has 1 fully saturated rings. The summed E-state index contributed by atoms with van der Waals surface area (Å²) in [6.07, 6.45) is 0. The summed E-state index contributed by atoms with van der Waals surface area (Å²) in [7, 11) is -3.94. The summed E-state index contributed by atoms with van der Waals surface area (Å²) in [6, 6.07) is 15.3. The first kappa shape index (κ1) is 20.1. The molecule has 0 unspecified atom stereocenters. The molecule has 0 saturated carbocycles. The van der Waals surface area contributed by atoms with Crippen LogP contribution in [0.2, 0.25) is 5.02 Å². The van der Waals surface area contributed by atoms with Gasteiger partial charge in [0, 0.05) is 26.2 Å². The number of amides is 1. The molecular formula is C19H19ClN4O3S. The van der Waals surface area contributed by atoms with Gasteiger partial charge in [-0.15, -0.1) is 0 Å². The molecule has 0 bridgehead atoms. The molecule has 9 heteroatoms. The van der Waals surface area contributed by atoms with Gasteiger partial charge in [0.1, 0.15) is 6.07 Å². The first-order chi connectivity index (χ1) is 13.4. The standard InChI is InChI=1S/C19H19ClN4O3S/c20-16-6-2-3-7-17(16)23-9-11-24(12-10-23)19(25)14-22-28(26,27)18-8-4-1-5-15(18)13-21/h1-8,22H,9-12,14H2. The zero-order chi connectivity index (χ0) is 20.1. The van der Waals surface area contributed by atoms with E-state index in [0.29, 0.717) is 31.2 Å². The van der Waals surface area contributed by atoms with Crippen molar-refractivity contribution >= 4 is 33.2 Å². The molecule has 1 N–H and O–H groups in total. The van der Waals surface area contributed by atoms with Crippen LogP contribution in [0, 0.1) is 11.3 Å². The fraction of sp³-hybridized carbons (Fsp3) is 0.263. The summed E-state index contributed by atoms with van der Waals surface area (Å²) < 4.78 is 27.1. The maximum atomic E-state index is 12.4. The van der Waals surface area contributed by atoms with Crippen molar-refractivity contribution in [3.63, 3.8) is 0 Å². The minimum absolute atomic E-state index is 0.0378. The number of nitrogens with zero attached hydrogens (tertiary/aromatic N) is 3. The predicted molar refractivity (Wildman–Crippen MR) is 107 cm³/mol. The van der Waals surface area contributed by atoms with Crippen LogP contribution in [0.1, 0.15) is 5.56 Å². The first-order valence-corrected chi connectivity index (χ1v) is 10.5. The fourth-order valence-electron chi connectivity index (χ4n) is 3.04. The Labute approximate surface area is 169 Å². The van der Waals surface area contributed by atoms with Gasteiger partial charge in [0.2, 0.25) is 15.9 Å². The topological polar surface area (TPSA) is 93.5 Å². The van der Waals surface area contributed by atoms with Gasteiger partial charge in [-0.05, 0) is 24.3 Å². The van der Waals surface area contributed by atoms with Crippen LogP contribution in [0.3, 0.4) is 0 Å². The molecule has 1 heterocycles. The van der Waals surface area contributed by atoms with Crippen LogP contribution in [0.5, 0.6) is 0 Å². The van der Waals surface area contributed by atoms with Gasteiger partial charge in [0.15, 0.2) is 0 Å². The normalized spacial score (nSPS) is 14.6. The zero-order valence-corrected chi connectivity index (χ0v) is 16.6. The van der Waals surface area contributed by atoms with Gasteiger partial charge in [-0.1, -0.05) is 35.9 Å². The number of anilines is 1. The summed E-state index contributed by atoms with van der Waals surface area (Å²) in [6.45, 7) is 1.81. The van der Waals surface area contributed by atoms with Crippen molar-refractivity contribution in [2.24, 2.45) is 0 Å². The van der Waals surface area contributed by atoms with E-state index in [1.54, 1.807) is 11.0 Å². The number of nitriles is 1. The maximum absolute atomic E-state index is 12.4. The lowest BCUT2D eigenvalue weighted by atomic mass is 10.2. The summed E-state index contributed by atoms with van der Waals surface area (Å²) in [5, 5.41) is 9.73. The highest BCUT2D eigenvalue weighted by Gasteiger charge is 2.24. The second kappa shape index (κ2) is 8.61. The number of carbonyl (C=O) groups is 1. The average molecular weight is 419 g/mol. The third-order valence-electron chi connectivity index (χ3n) is 4.54. The van der Waals surface area contributed by atoms with Crippen molar-refractivity contribution in [2.45, 2.75) is 4.90 Å². The van der Waals surface area contributed by atoms with Crippen molar-refractivity contribution < 1.29 is 13.2 Å². The number of piperazine rings is 1. The average Bonchev–Trinajstić information content (AvgIpc) is 2.72. The van der Waals surface area contributed by atoms with Gasteiger partial charge < -0.3 is 9.80 Å². The van der Waals surface area contributed by atoms with E-state index in [-0.39, 0.29) is 22.9 Å². The number of carbonyl (C=O) groups excluding carboxylic acids is 1. The Morgan fingerprint density at radius 1 is 1.07 bits per heavy atom. The summed E-state index contributed by atoms with van der Waals surface area (Å²) in [5.74, 6) is -0.308. The van der Waals surface area contributed by atoms with E-state index >= 15 is 0 Å². The van der Waals surface area contributed by atoms with Crippen molar-refractivity contribution in [2.75, 3.05) is 37.6 Å². The Morgan fingerprint density at radius 3 is 2.39 bits per heavy atom.